The number of hydrogen-bond acceptors (Lipinski definition) is 4. The second-order valence-electron chi connectivity index (χ2n) is 4.57. The van der Waals surface area contributed by atoms with Crippen LogP contribution >= 0.6 is 0 Å². The second kappa shape index (κ2) is 7.14. The van der Waals surface area contributed by atoms with Crippen LogP contribution in [0.25, 0.3) is 0 Å². The molecule has 2 rings (SSSR count). The molecule has 0 radical (unpaired) electrons. The van der Waals surface area contributed by atoms with Crippen LogP contribution < -0.4 is 10.6 Å². The van der Waals surface area contributed by atoms with E-state index >= 15 is 0 Å². The van der Waals surface area contributed by atoms with Gasteiger partial charge in [0.2, 0.25) is 0 Å². The van der Waals surface area contributed by atoms with Gasteiger partial charge in [-0.15, -0.1) is 0 Å². The molecule has 108 valence electrons. The maximum atomic E-state index is 11.9. The summed E-state index contributed by atoms with van der Waals surface area (Å²) in [6.45, 7) is 2.15. The number of amides is 2. The molecule has 0 fully saturated rings. The Bertz CT molecular complexity index is 602. The Morgan fingerprint density at radius 3 is 2.14 bits per heavy atom. The van der Waals surface area contributed by atoms with E-state index < -0.39 is 0 Å². The molecule has 0 saturated carbocycles. The number of nitrogens with one attached hydrogen (secondary N) is 2. The SMILES string of the molecule is C[C@H](CNC(=O)c1cccnc1)NC(=O)c1cccnc1. The molecule has 0 aromatic carbocycles. The van der Waals surface area contributed by atoms with Gasteiger partial charge in [-0.2, -0.15) is 0 Å². The molecule has 0 aliphatic rings. The van der Waals surface area contributed by atoms with Crippen molar-refractivity contribution in [2.75, 3.05) is 6.54 Å². The first-order valence-corrected chi connectivity index (χ1v) is 6.56. The molecular weight excluding hydrogens is 268 g/mol. The first-order chi connectivity index (χ1) is 10.2. The van der Waals surface area contributed by atoms with Crippen LogP contribution in [0.3, 0.4) is 0 Å². The van der Waals surface area contributed by atoms with E-state index in [-0.39, 0.29) is 17.9 Å². The van der Waals surface area contributed by atoms with Gasteiger partial charge in [-0.25, -0.2) is 0 Å². The maximum Gasteiger partial charge on any atom is 0.253 e. The van der Waals surface area contributed by atoms with Crippen LogP contribution in [0, 0.1) is 0 Å². The first-order valence-electron chi connectivity index (χ1n) is 6.56. The molecule has 0 saturated heterocycles. The molecule has 0 spiro atoms. The highest BCUT2D eigenvalue weighted by Crippen LogP contribution is 1.97. The van der Waals surface area contributed by atoms with Crippen molar-refractivity contribution in [3.8, 4) is 0 Å². The van der Waals surface area contributed by atoms with E-state index in [1.54, 1.807) is 36.7 Å². The Hall–Kier alpha value is -2.76. The number of carbonyl (C=O) groups excluding carboxylic acids is 2. The zero-order valence-corrected chi connectivity index (χ0v) is 11.6. The summed E-state index contributed by atoms with van der Waals surface area (Å²) in [6, 6.07) is 6.56. The summed E-state index contributed by atoms with van der Waals surface area (Å²) in [6.07, 6.45) is 6.20. The van der Waals surface area contributed by atoms with Gasteiger partial charge in [-0.05, 0) is 31.2 Å². The maximum absolute atomic E-state index is 11.9. The topological polar surface area (TPSA) is 84.0 Å². The summed E-state index contributed by atoms with van der Waals surface area (Å²) in [7, 11) is 0. The van der Waals surface area contributed by atoms with E-state index in [4.69, 9.17) is 0 Å². The van der Waals surface area contributed by atoms with Crippen molar-refractivity contribution in [3.05, 3.63) is 60.2 Å². The molecule has 1 atom stereocenters. The van der Waals surface area contributed by atoms with E-state index in [1.165, 1.54) is 12.4 Å². The summed E-state index contributed by atoms with van der Waals surface area (Å²) in [5.74, 6) is -0.434. The fourth-order valence-corrected chi connectivity index (χ4v) is 1.70. The van der Waals surface area contributed by atoms with Crippen LogP contribution in [0.15, 0.2) is 49.1 Å². The summed E-state index contributed by atoms with van der Waals surface area (Å²) in [4.78, 5) is 31.5. The summed E-state index contributed by atoms with van der Waals surface area (Å²) in [5, 5.41) is 5.54. The molecule has 2 aromatic heterocycles. The van der Waals surface area contributed by atoms with Gasteiger partial charge in [0.1, 0.15) is 0 Å². The van der Waals surface area contributed by atoms with E-state index in [0.717, 1.165) is 0 Å². The van der Waals surface area contributed by atoms with Gasteiger partial charge in [0.05, 0.1) is 11.1 Å². The number of nitrogens with zero attached hydrogens (tertiary/aromatic N) is 2. The number of rotatable bonds is 5. The zero-order chi connectivity index (χ0) is 15.1. The quantitative estimate of drug-likeness (QED) is 0.858. The monoisotopic (exact) mass is 284 g/mol. The van der Waals surface area contributed by atoms with Crippen LogP contribution in [0.1, 0.15) is 27.6 Å². The minimum absolute atomic E-state index is 0.196. The smallest absolute Gasteiger partial charge is 0.253 e. The minimum Gasteiger partial charge on any atom is -0.350 e. The van der Waals surface area contributed by atoms with Gasteiger partial charge >= 0.3 is 0 Å². The number of aromatic nitrogens is 2. The van der Waals surface area contributed by atoms with Crippen LogP contribution in [0.2, 0.25) is 0 Å². The van der Waals surface area contributed by atoms with E-state index in [0.29, 0.717) is 17.7 Å². The average molecular weight is 284 g/mol. The lowest BCUT2D eigenvalue weighted by atomic mass is 10.2. The molecule has 21 heavy (non-hydrogen) atoms. The third-order valence-corrected chi connectivity index (χ3v) is 2.79. The molecule has 2 N–H and O–H groups in total. The van der Waals surface area contributed by atoms with Crippen LogP contribution in [-0.4, -0.2) is 34.4 Å². The van der Waals surface area contributed by atoms with E-state index in [9.17, 15) is 9.59 Å². The van der Waals surface area contributed by atoms with Gasteiger partial charge < -0.3 is 10.6 Å². The standard InChI is InChI=1S/C15H16N4O2/c1-11(19-15(21)13-5-3-7-17-10-13)8-18-14(20)12-4-2-6-16-9-12/h2-7,9-11H,8H2,1H3,(H,18,20)(H,19,21)/t11-/m1/s1. The predicted molar refractivity (Wildman–Crippen MR) is 77.7 cm³/mol. The highest BCUT2D eigenvalue weighted by molar-refractivity contribution is 5.95. The van der Waals surface area contributed by atoms with E-state index in [1.807, 2.05) is 6.92 Å². The molecular formula is C15H16N4O2. The normalized spacial score (nSPS) is 11.5. The molecule has 0 aliphatic carbocycles. The molecule has 2 amide bonds. The summed E-state index contributed by atoms with van der Waals surface area (Å²) in [5.41, 5.74) is 0.978. The third-order valence-electron chi connectivity index (χ3n) is 2.79. The van der Waals surface area contributed by atoms with Crippen molar-refractivity contribution in [1.82, 2.24) is 20.6 Å². The Labute approximate surface area is 122 Å². The van der Waals surface area contributed by atoms with Crippen molar-refractivity contribution < 1.29 is 9.59 Å². The van der Waals surface area contributed by atoms with Gasteiger partial charge in [0, 0.05) is 37.4 Å². The molecule has 2 aromatic rings. The van der Waals surface area contributed by atoms with Crippen molar-refractivity contribution in [3.63, 3.8) is 0 Å². The van der Waals surface area contributed by atoms with Gasteiger partial charge in [0.25, 0.3) is 11.8 Å². The van der Waals surface area contributed by atoms with Crippen LogP contribution in [0.5, 0.6) is 0 Å². The molecule has 6 heteroatoms. The Morgan fingerprint density at radius 2 is 1.62 bits per heavy atom. The lowest BCUT2D eigenvalue weighted by molar-refractivity contribution is 0.0912. The van der Waals surface area contributed by atoms with Crippen LogP contribution in [0.4, 0.5) is 0 Å². The highest BCUT2D eigenvalue weighted by atomic mass is 16.2. The van der Waals surface area contributed by atoms with Crippen molar-refractivity contribution in [2.24, 2.45) is 0 Å². The van der Waals surface area contributed by atoms with Crippen molar-refractivity contribution in [2.45, 2.75) is 13.0 Å². The molecule has 0 unspecified atom stereocenters. The van der Waals surface area contributed by atoms with Gasteiger partial charge in [-0.3, -0.25) is 19.6 Å². The predicted octanol–water partition coefficient (Wildman–Crippen LogP) is 1.02. The van der Waals surface area contributed by atoms with Crippen molar-refractivity contribution in [1.29, 1.82) is 0 Å². The molecule has 0 aliphatic heterocycles. The summed E-state index contributed by atoms with van der Waals surface area (Å²) < 4.78 is 0. The number of pyridine rings is 2. The lowest BCUT2D eigenvalue weighted by Gasteiger charge is -2.14. The number of carbonyl (C=O) groups is 2. The van der Waals surface area contributed by atoms with Gasteiger partial charge in [0.15, 0.2) is 0 Å². The fraction of sp³-hybridized carbons (Fsp3) is 0.200. The number of hydrogen-bond donors (Lipinski definition) is 2. The minimum atomic E-state index is -0.217. The van der Waals surface area contributed by atoms with E-state index in [2.05, 4.69) is 20.6 Å². The summed E-state index contributed by atoms with van der Waals surface area (Å²) >= 11 is 0. The van der Waals surface area contributed by atoms with Crippen LogP contribution in [-0.2, 0) is 0 Å². The average Bonchev–Trinajstić information content (AvgIpc) is 2.54. The molecule has 6 nitrogen and oxygen atoms in total. The largest absolute Gasteiger partial charge is 0.350 e. The second-order valence-corrected chi connectivity index (χ2v) is 4.57. The Kier molecular flexibility index (Phi) is 4.98. The first kappa shape index (κ1) is 14.6. The molecule has 0 bridgehead atoms. The van der Waals surface area contributed by atoms with Gasteiger partial charge in [-0.1, -0.05) is 0 Å². The third kappa shape index (κ3) is 4.38. The molecule has 2 heterocycles. The highest BCUT2D eigenvalue weighted by Gasteiger charge is 2.11. The van der Waals surface area contributed by atoms with Crippen molar-refractivity contribution >= 4 is 11.8 Å². The Morgan fingerprint density at radius 1 is 1.05 bits per heavy atom. The zero-order valence-electron chi connectivity index (χ0n) is 11.6. The lowest BCUT2D eigenvalue weighted by Crippen LogP contribution is -2.41. The fourth-order valence-electron chi connectivity index (χ4n) is 1.70. The Balaban J connectivity index is 1.81.